The molecule has 0 fully saturated rings. The van der Waals surface area contributed by atoms with Crippen molar-refractivity contribution in [3.63, 3.8) is 0 Å². The van der Waals surface area contributed by atoms with Crippen molar-refractivity contribution >= 4 is 22.4 Å². The van der Waals surface area contributed by atoms with Crippen molar-refractivity contribution in [1.29, 1.82) is 0 Å². The van der Waals surface area contributed by atoms with Crippen LogP contribution < -0.4 is 11.3 Å². The molecule has 1 atom stereocenters. The lowest BCUT2D eigenvalue weighted by Crippen LogP contribution is -2.30. The molecule has 0 aliphatic rings. The molecule has 5 heteroatoms. The van der Waals surface area contributed by atoms with E-state index < -0.39 is 0 Å². The fourth-order valence-corrected chi connectivity index (χ4v) is 2.77. The Hall–Kier alpha value is -1.82. The molecule has 96 valence electrons. The van der Waals surface area contributed by atoms with Crippen LogP contribution in [0.25, 0.3) is 11.0 Å². The lowest BCUT2D eigenvalue weighted by Gasteiger charge is -2.14. The van der Waals surface area contributed by atoms with Gasteiger partial charge in [0, 0.05) is 11.3 Å². The first-order valence-corrected chi connectivity index (χ1v) is 6.95. The van der Waals surface area contributed by atoms with Gasteiger partial charge in [0.15, 0.2) is 0 Å². The number of hydrogen-bond donors (Lipinski definition) is 2. The van der Waals surface area contributed by atoms with Gasteiger partial charge >= 0.3 is 0 Å². The number of aromatic nitrogens is 2. The maximum Gasteiger partial charge on any atom is 0.0890 e. The molecule has 0 radical (unpaired) electrons. The van der Waals surface area contributed by atoms with E-state index in [1.54, 1.807) is 17.5 Å². The van der Waals surface area contributed by atoms with Crippen LogP contribution in [0.3, 0.4) is 0 Å². The fourth-order valence-electron chi connectivity index (χ4n) is 2.02. The van der Waals surface area contributed by atoms with Gasteiger partial charge in [-0.25, -0.2) is 4.98 Å². The Balaban J connectivity index is 1.92. The largest absolute Gasteiger partial charge is 0.271 e. The molecule has 0 saturated heterocycles. The van der Waals surface area contributed by atoms with Crippen molar-refractivity contribution in [2.24, 2.45) is 5.84 Å². The van der Waals surface area contributed by atoms with Crippen molar-refractivity contribution in [2.45, 2.75) is 12.5 Å². The minimum absolute atomic E-state index is 0.0178. The van der Waals surface area contributed by atoms with Crippen LogP contribution in [0.5, 0.6) is 0 Å². The first-order chi connectivity index (χ1) is 9.36. The van der Waals surface area contributed by atoms with E-state index in [1.165, 1.54) is 4.88 Å². The number of thiophene rings is 1. The third kappa shape index (κ3) is 2.63. The minimum Gasteiger partial charge on any atom is -0.271 e. The van der Waals surface area contributed by atoms with Crippen LogP contribution in [-0.2, 0) is 6.42 Å². The summed E-state index contributed by atoms with van der Waals surface area (Å²) < 4.78 is 0. The number of nitrogens with two attached hydrogens (primary N) is 1. The van der Waals surface area contributed by atoms with Gasteiger partial charge in [0.05, 0.1) is 29.0 Å². The Kier molecular flexibility index (Phi) is 3.50. The van der Waals surface area contributed by atoms with Crippen LogP contribution in [0.1, 0.15) is 16.6 Å². The van der Waals surface area contributed by atoms with Crippen LogP contribution in [0.2, 0.25) is 0 Å². The molecule has 4 nitrogen and oxygen atoms in total. The molecule has 1 unspecified atom stereocenters. The number of hydrazine groups is 1. The monoisotopic (exact) mass is 270 g/mol. The Labute approximate surface area is 115 Å². The molecule has 2 heterocycles. The van der Waals surface area contributed by atoms with Crippen molar-refractivity contribution in [3.8, 4) is 0 Å². The first kappa shape index (κ1) is 12.2. The highest BCUT2D eigenvalue weighted by Gasteiger charge is 2.13. The number of para-hydroxylation sites is 2. The highest BCUT2D eigenvalue weighted by atomic mass is 32.1. The SMILES string of the molecule is NNC(Cc1cccs1)c1cnc2ccccc2n1. The zero-order chi connectivity index (χ0) is 13.1. The van der Waals surface area contributed by atoms with Gasteiger partial charge in [-0.3, -0.25) is 16.3 Å². The van der Waals surface area contributed by atoms with E-state index in [1.807, 2.05) is 30.3 Å². The van der Waals surface area contributed by atoms with Crippen LogP contribution in [0.15, 0.2) is 48.0 Å². The first-order valence-electron chi connectivity index (χ1n) is 6.07. The van der Waals surface area contributed by atoms with Crippen LogP contribution >= 0.6 is 11.3 Å². The van der Waals surface area contributed by atoms with Crippen LogP contribution in [0, 0.1) is 0 Å². The molecule has 0 aliphatic heterocycles. The number of fused-ring (bicyclic) bond motifs is 1. The van der Waals surface area contributed by atoms with E-state index in [-0.39, 0.29) is 6.04 Å². The van der Waals surface area contributed by atoms with Gasteiger partial charge in [0.1, 0.15) is 0 Å². The molecule has 1 aromatic carbocycles. The smallest absolute Gasteiger partial charge is 0.0890 e. The third-order valence-electron chi connectivity index (χ3n) is 3.01. The predicted molar refractivity (Wildman–Crippen MR) is 77.6 cm³/mol. The number of benzene rings is 1. The van der Waals surface area contributed by atoms with E-state index in [4.69, 9.17) is 5.84 Å². The van der Waals surface area contributed by atoms with Gasteiger partial charge in [-0.1, -0.05) is 18.2 Å². The van der Waals surface area contributed by atoms with Gasteiger partial charge in [0.25, 0.3) is 0 Å². The summed E-state index contributed by atoms with van der Waals surface area (Å²) in [6.07, 6.45) is 2.61. The lowest BCUT2D eigenvalue weighted by atomic mass is 10.1. The summed E-state index contributed by atoms with van der Waals surface area (Å²) in [5, 5.41) is 2.06. The summed E-state index contributed by atoms with van der Waals surface area (Å²) in [6, 6.07) is 12.0. The average Bonchev–Trinajstić information content (AvgIpc) is 2.97. The van der Waals surface area contributed by atoms with Crippen molar-refractivity contribution in [1.82, 2.24) is 15.4 Å². The lowest BCUT2D eigenvalue weighted by molar-refractivity contribution is 0.542. The minimum atomic E-state index is -0.0178. The molecule has 0 spiro atoms. The van der Waals surface area contributed by atoms with Gasteiger partial charge in [0.2, 0.25) is 0 Å². The average molecular weight is 270 g/mol. The maximum absolute atomic E-state index is 5.65. The van der Waals surface area contributed by atoms with E-state index in [2.05, 4.69) is 26.8 Å². The Morgan fingerprint density at radius 3 is 2.74 bits per heavy atom. The molecule has 0 aliphatic carbocycles. The normalized spacial score (nSPS) is 12.7. The molecular weight excluding hydrogens is 256 g/mol. The van der Waals surface area contributed by atoms with E-state index in [0.29, 0.717) is 0 Å². The molecule has 3 aromatic rings. The number of rotatable bonds is 4. The second-order valence-corrected chi connectivity index (χ2v) is 5.32. The molecule has 3 N–H and O–H groups in total. The summed E-state index contributed by atoms with van der Waals surface area (Å²) in [6.45, 7) is 0. The molecule has 19 heavy (non-hydrogen) atoms. The zero-order valence-corrected chi connectivity index (χ0v) is 11.1. The van der Waals surface area contributed by atoms with Crippen LogP contribution in [0.4, 0.5) is 0 Å². The van der Waals surface area contributed by atoms with Crippen molar-refractivity contribution in [2.75, 3.05) is 0 Å². The quantitative estimate of drug-likeness (QED) is 0.564. The Morgan fingerprint density at radius 2 is 2.00 bits per heavy atom. The second kappa shape index (κ2) is 5.44. The van der Waals surface area contributed by atoms with Gasteiger partial charge in [-0.05, 0) is 23.6 Å². The van der Waals surface area contributed by atoms with E-state index in [0.717, 1.165) is 23.1 Å². The third-order valence-corrected chi connectivity index (χ3v) is 3.91. The molecule has 0 saturated carbocycles. The van der Waals surface area contributed by atoms with Crippen LogP contribution in [-0.4, -0.2) is 9.97 Å². The summed E-state index contributed by atoms with van der Waals surface area (Å²) in [7, 11) is 0. The number of hydrogen-bond acceptors (Lipinski definition) is 5. The van der Waals surface area contributed by atoms with Gasteiger partial charge < -0.3 is 0 Å². The molecule has 3 rings (SSSR count). The van der Waals surface area contributed by atoms with Gasteiger partial charge in [-0.2, -0.15) is 0 Å². The highest BCUT2D eigenvalue weighted by Crippen LogP contribution is 2.20. The van der Waals surface area contributed by atoms with Crippen molar-refractivity contribution in [3.05, 3.63) is 58.5 Å². The van der Waals surface area contributed by atoms with E-state index in [9.17, 15) is 0 Å². The Bertz CT molecular complexity index is 666. The molecule has 0 amide bonds. The zero-order valence-electron chi connectivity index (χ0n) is 10.3. The number of nitrogens with one attached hydrogen (secondary N) is 1. The highest BCUT2D eigenvalue weighted by molar-refractivity contribution is 7.09. The summed E-state index contributed by atoms with van der Waals surface area (Å²) in [5.74, 6) is 5.65. The molecule has 2 aromatic heterocycles. The standard InChI is InChI=1S/C14H14N4S/c15-18-13(8-10-4-3-7-19-10)14-9-16-11-5-1-2-6-12(11)17-14/h1-7,9,13,18H,8,15H2. The van der Waals surface area contributed by atoms with E-state index >= 15 is 0 Å². The number of nitrogens with zero attached hydrogens (tertiary/aromatic N) is 2. The molecular formula is C14H14N4S. The van der Waals surface area contributed by atoms with Gasteiger partial charge in [-0.15, -0.1) is 11.3 Å². The molecule has 0 bridgehead atoms. The fraction of sp³-hybridized carbons (Fsp3) is 0.143. The van der Waals surface area contributed by atoms with Crippen molar-refractivity contribution < 1.29 is 0 Å². The summed E-state index contributed by atoms with van der Waals surface area (Å²) in [5.41, 5.74) is 5.49. The Morgan fingerprint density at radius 1 is 1.16 bits per heavy atom. The topological polar surface area (TPSA) is 63.8 Å². The summed E-state index contributed by atoms with van der Waals surface area (Å²) >= 11 is 1.72. The predicted octanol–water partition coefficient (Wildman–Crippen LogP) is 2.44. The second-order valence-electron chi connectivity index (χ2n) is 4.29. The summed E-state index contributed by atoms with van der Waals surface area (Å²) in [4.78, 5) is 10.3. The maximum atomic E-state index is 5.65.